The Bertz CT molecular complexity index is 1600. The number of carbonyl (C=O) groups is 1. The zero-order chi connectivity index (χ0) is 25.9. The predicted molar refractivity (Wildman–Crippen MR) is 145 cm³/mol. The smallest absolute Gasteiger partial charge is 0.279 e. The molecule has 1 N–H and O–H groups in total. The first-order valence-electron chi connectivity index (χ1n) is 10.7. The van der Waals surface area contributed by atoms with Crippen molar-refractivity contribution in [1.82, 2.24) is 4.57 Å². The zero-order valence-electron chi connectivity index (χ0n) is 18.9. The van der Waals surface area contributed by atoms with Gasteiger partial charge in [0.25, 0.3) is 15.9 Å². The molecule has 1 heterocycles. The summed E-state index contributed by atoms with van der Waals surface area (Å²) >= 11 is 19.9. The third kappa shape index (κ3) is 5.94. The van der Waals surface area contributed by atoms with Crippen molar-refractivity contribution in [1.29, 1.82) is 0 Å². The standard InChI is InChI=1S/C24H20Cl3N3O4S2/c1-2-34-13-12-30-21-19(26)10-11-20(27)22(21)35-24(30)28-23(31)15-4-3-5-17(14-15)29-36(32,33)18-8-6-16(25)7-9-18/h3-11,14,29H,2,12-13H2,1H3. The molecule has 0 bridgehead atoms. The molecule has 0 spiro atoms. The first kappa shape index (κ1) is 26.7. The number of aromatic nitrogens is 1. The minimum Gasteiger partial charge on any atom is -0.380 e. The van der Waals surface area contributed by atoms with Gasteiger partial charge in [0.05, 0.1) is 31.8 Å². The molecule has 0 radical (unpaired) electrons. The second-order valence-electron chi connectivity index (χ2n) is 7.50. The molecule has 0 saturated carbocycles. The molecule has 0 atom stereocenters. The molecule has 0 aliphatic carbocycles. The Balaban J connectivity index is 1.69. The van der Waals surface area contributed by atoms with Crippen molar-refractivity contribution < 1.29 is 17.9 Å². The number of ether oxygens (including phenoxy) is 1. The number of nitrogens with one attached hydrogen (secondary N) is 1. The molecule has 36 heavy (non-hydrogen) atoms. The van der Waals surface area contributed by atoms with Gasteiger partial charge < -0.3 is 9.30 Å². The molecule has 3 aromatic carbocycles. The molecule has 4 aromatic rings. The van der Waals surface area contributed by atoms with Crippen LogP contribution in [0.15, 0.2) is 70.6 Å². The first-order valence-corrected chi connectivity index (χ1v) is 14.2. The van der Waals surface area contributed by atoms with Gasteiger partial charge in [-0.25, -0.2) is 8.42 Å². The van der Waals surface area contributed by atoms with Crippen LogP contribution in [-0.4, -0.2) is 32.1 Å². The second kappa shape index (κ2) is 11.3. The first-order chi connectivity index (χ1) is 17.2. The summed E-state index contributed by atoms with van der Waals surface area (Å²) < 4.78 is 35.9. The Morgan fingerprint density at radius 2 is 1.78 bits per heavy atom. The maximum Gasteiger partial charge on any atom is 0.279 e. The monoisotopic (exact) mass is 583 g/mol. The van der Waals surface area contributed by atoms with Crippen LogP contribution in [0.3, 0.4) is 0 Å². The number of nitrogens with zero attached hydrogens (tertiary/aromatic N) is 2. The fourth-order valence-electron chi connectivity index (χ4n) is 3.40. The molecular formula is C24H20Cl3N3O4S2. The highest BCUT2D eigenvalue weighted by Crippen LogP contribution is 2.32. The largest absolute Gasteiger partial charge is 0.380 e. The Hall–Kier alpha value is -2.40. The van der Waals surface area contributed by atoms with Crippen molar-refractivity contribution in [2.24, 2.45) is 4.99 Å². The highest BCUT2D eigenvalue weighted by atomic mass is 35.5. The lowest BCUT2D eigenvalue weighted by Crippen LogP contribution is -2.20. The second-order valence-corrected chi connectivity index (χ2v) is 11.4. The van der Waals surface area contributed by atoms with E-state index in [4.69, 9.17) is 39.5 Å². The van der Waals surface area contributed by atoms with Crippen LogP contribution >= 0.6 is 46.1 Å². The lowest BCUT2D eigenvalue weighted by atomic mass is 10.2. The van der Waals surface area contributed by atoms with Crippen molar-refractivity contribution >= 4 is 78.0 Å². The average Bonchev–Trinajstić information content (AvgIpc) is 3.21. The van der Waals surface area contributed by atoms with Gasteiger partial charge in [0.2, 0.25) is 0 Å². The summed E-state index contributed by atoms with van der Waals surface area (Å²) in [5, 5.41) is 1.40. The van der Waals surface area contributed by atoms with Gasteiger partial charge in [-0.1, -0.05) is 52.2 Å². The number of carbonyl (C=O) groups excluding carboxylic acids is 1. The van der Waals surface area contributed by atoms with E-state index < -0.39 is 15.9 Å². The van der Waals surface area contributed by atoms with Gasteiger partial charge in [0.1, 0.15) is 0 Å². The fraction of sp³-hybridized carbons (Fsp3) is 0.167. The highest BCUT2D eigenvalue weighted by Gasteiger charge is 2.17. The van der Waals surface area contributed by atoms with Crippen LogP contribution in [0.5, 0.6) is 0 Å². The summed E-state index contributed by atoms with van der Waals surface area (Å²) in [7, 11) is -3.87. The number of hydrogen-bond donors (Lipinski definition) is 1. The predicted octanol–water partition coefficient (Wildman–Crippen LogP) is 6.24. The van der Waals surface area contributed by atoms with Crippen LogP contribution < -0.4 is 9.52 Å². The summed E-state index contributed by atoms with van der Waals surface area (Å²) in [4.78, 5) is 17.9. The SMILES string of the molecule is CCOCCn1c(=NC(=O)c2cccc(NS(=O)(=O)c3ccc(Cl)cc3)c2)sc2c(Cl)ccc(Cl)c21. The lowest BCUT2D eigenvalue weighted by Gasteiger charge is -2.09. The van der Waals surface area contributed by atoms with Crippen LogP contribution in [0.1, 0.15) is 17.3 Å². The van der Waals surface area contributed by atoms with Crippen LogP contribution in [-0.2, 0) is 21.3 Å². The quantitative estimate of drug-likeness (QED) is 0.248. The van der Waals surface area contributed by atoms with Crippen LogP contribution in [0, 0.1) is 0 Å². The molecule has 0 saturated heterocycles. The van der Waals surface area contributed by atoms with Crippen LogP contribution in [0.4, 0.5) is 5.69 Å². The van der Waals surface area contributed by atoms with Gasteiger partial charge in [0.15, 0.2) is 4.80 Å². The summed E-state index contributed by atoms with van der Waals surface area (Å²) in [6.07, 6.45) is 0. The molecule has 1 aromatic heterocycles. The third-order valence-electron chi connectivity index (χ3n) is 5.07. The van der Waals surface area contributed by atoms with Crippen molar-refractivity contribution in [3.8, 4) is 0 Å². The van der Waals surface area contributed by atoms with E-state index in [0.29, 0.717) is 49.8 Å². The Morgan fingerprint density at radius 3 is 2.50 bits per heavy atom. The average molecular weight is 585 g/mol. The molecule has 12 heteroatoms. The van der Waals surface area contributed by atoms with Gasteiger partial charge in [-0.15, -0.1) is 0 Å². The van der Waals surface area contributed by atoms with E-state index in [1.54, 1.807) is 34.9 Å². The number of hydrogen-bond acceptors (Lipinski definition) is 5. The summed E-state index contributed by atoms with van der Waals surface area (Å²) in [6.45, 7) is 3.25. The van der Waals surface area contributed by atoms with Crippen molar-refractivity contribution in [3.63, 3.8) is 0 Å². The van der Waals surface area contributed by atoms with E-state index in [1.807, 2.05) is 6.92 Å². The van der Waals surface area contributed by atoms with Gasteiger partial charge >= 0.3 is 0 Å². The van der Waals surface area contributed by atoms with E-state index in [-0.39, 0.29) is 16.1 Å². The van der Waals surface area contributed by atoms with Gasteiger partial charge in [-0.05, 0) is 61.5 Å². The Kier molecular flexibility index (Phi) is 8.39. The van der Waals surface area contributed by atoms with E-state index in [9.17, 15) is 13.2 Å². The van der Waals surface area contributed by atoms with Gasteiger partial charge in [-0.3, -0.25) is 9.52 Å². The molecule has 0 aliphatic rings. The van der Waals surface area contributed by atoms with Crippen molar-refractivity contribution in [2.75, 3.05) is 17.9 Å². The van der Waals surface area contributed by atoms with Gasteiger partial charge in [-0.2, -0.15) is 4.99 Å². The number of rotatable bonds is 8. The number of amides is 1. The van der Waals surface area contributed by atoms with Crippen molar-refractivity contribution in [3.05, 3.63) is 86.1 Å². The Morgan fingerprint density at radius 1 is 1.06 bits per heavy atom. The molecular weight excluding hydrogens is 565 g/mol. The molecule has 4 rings (SSSR count). The third-order valence-corrected chi connectivity index (χ3v) is 8.57. The summed E-state index contributed by atoms with van der Waals surface area (Å²) in [5.41, 5.74) is 1.10. The van der Waals surface area contributed by atoms with Crippen molar-refractivity contribution in [2.45, 2.75) is 18.4 Å². The molecule has 1 amide bonds. The zero-order valence-corrected chi connectivity index (χ0v) is 22.8. The number of benzene rings is 3. The number of fused-ring (bicyclic) bond motifs is 1. The van der Waals surface area contributed by atoms with Gasteiger partial charge in [0, 0.05) is 29.4 Å². The summed E-state index contributed by atoms with van der Waals surface area (Å²) in [6, 6.07) is 15.3. The number of anilines is 1. The topological polar surface area (TPSA) is 89.8 Å². The molecule has 0 unspecified atom stereocenters. The molecule has 0 aliphatic heterocycles. The van der Waals surface area contributed by atoms with E-state index in [0.717, 1.165) is 0 Å². The van der Waals surface area contributed by atoms with E-state index in [2.05, 4.69) is 9.71 Å². The maximum absolute atomic E-state index is 13.1. The molecule has 7 nitrogen and oxygen atoms in total. The summed E-state index contributed by atoms with van der Waals surface area (Å²) in [5.74, 6) is -0.550. The van der Waals surface area contributed by atoms with Crippen LogP contribution in [0.2, 0.25) is 15.1 Å². The molecule has 0 fully saturated rings. The minimum absolute atomic E-state index is 0.0442. The Labute approximate surface area is 227 Å². The van der Waals surface area contributed by atoms with E-state index >= 15 is 0 Å². The highest BCUT2D eigenvalue weighted by molar-refractivity contribution is 7.92. The van der Waals surface area contributed by atoms with Crippen LogP contribution in [0.25, 0.3) is 10.2 Å². The lowest BCUT2D eigenvalue weighted by molar-refractivity contribution is 0.0996. The number of sulfonamides is 1. The molecule has 188 valence electrons. The van der Waals surface area contributed by atoms with E-state index in [1.165, 1.54) is 41.7 Å². The fourth-order valence-corrected chi connectivity index (χ4v) is 6.24. The minimum atomic E-state index is -3.87. The number of halogens is 3. The maximum atomic E-state index is 13.1. The normalized spacial score (nSPS) is 12.3. The number of thiazole rings is 1.